The van der Waals surface area contributed by atoms with Gasteiger partial charge in [0.2, 0.25) is 5.91 Å². The second-order valence-corrected chi connectivity index (χ2v) is 9.34. The number of amides is 2. The van der Waals surface area contributed by atoms with Crippen LogP contribution >= 0.6 is 0 Å². The van der Waals surface area contributed by atoms with Crippen LogP contribution in [0.15, 0.2) is 0 Å². The van der Waals surface area contributed by atoms with Gasteiger partial charge in [-0.3, -0.25) is 9.59 Å². The van der Waals surface area contributed by atoms with Crippen molar-refractivity contribution >= 4 is 36.6 Å². The van der Waals surface area contributed by atoms with E-state index in [0.29, 0.717) is 51.3 Å². The zero-order chi connectivity index (χ0) is 29.6. The van der Waals surface area contributed by atoms with E-state index < -0.39 is 54.0 Å². The minimum atomic E-state index is -1.59. The van der Waals surface area contributed by atoms with Gasteiger partial charge >= 0.3 is 0 Å². The van der Waals surface area contributed by atoms with Gasteiger partial charge in [-0.05, 0) is 45.7 Å². The summed E-state index contributed by atoms with van der Waals surface area (Å²) in [7, 11) is 0. The maximum absolute atomic E-state index is 13.0. The quantitative estimate of drug-likeness (QED) is 0.0384. The molecule has 0 radical (unpaired) electrons. The number of hydrogen-bond acceptors (Lipinski definition) is 12. The summed E-state index contributed by atoms with van der Waals surface area (Å²) in [6.45, 7) is 2.08. The minimum Gasteiger partial charge on any atom is -0.548 e. The number of aldehydes is 3. The highest BCUT2D eigenvalue weighted by molar-refractivity contribution is 5.91. The molecule has 0 aromatic rings. The second kappa shape index (κ2) is 22.0. The average Bonchev–Trinajstić information content (AvgIpc) is 2.92. The molecule has 0 spiro atoms. The van der Waals surface area contributed by atoms with Crippen LogP contribution in [0.25, 0.3) is 0 Å². The van der Waals surface area contributed by atoms with Gasteiger partial charge in [0.15, 0.2) is 6.04 Å². The van der Waals surface area contributed by atoms with Crippen molar-refractivity contribution in [1.82, 2.24) is 26.6 Å². The van der Waals surface area contributed by atoms with Crippen molar-refractivity contribution in [3.8, 4) is 0 Å². The molecule has 0 aromatic carbocycles. The van der Waals surface area contributed by atoms with E-state index in [2.05, 4.69) is 32.3 Å². The van der Waals surface area contributed by atoms with E-state index in [9.17, 15) is 33.9 Å². The van der Waals surface area contributed by atoms with Gasteiger partial charge in [-0.1, -0.05) is 12.8 Å². The predicted octanol–water partition coefficient (Wildman–Crippen LogP) is -5.93. The summed E-state index contributed by atoms with van der Waals surface area (Å²) in [5.41, 5.74) is 14.7. The Morgan fingerprint density at radius 1 is 0.744 bits per heavy atom. The van der Waals surface area contributed by atoms with Crippen molar-refractivity contribution in [3.05, 3.63) is 0 Å². The van der Waals surface area contributed by atoms with Gasteiger partial charge in [-0.25, -0.2) is 0 Å². The van der Waals surface area contributed by atoms with Crippen molar-refractivity contribution in [2.75, 3.05) is 32.7 Å². The van der Waals surface area contributed by atoms with Crippen molar-refractivity contribution in [3.63, 3.8) is 0 Å². The van der Waals surface area contributed by atoms with Crippen molar-refractivity contribution in [2.24, 2.45) is 11.5 Å². The van der Waals surface area contributed by atoms with Gasteiger partial charge in [0.25, 0.3) is 5.91 Å². The molecule has 0 saturated carbocycles. The smallest absolute Gasteiger partial charge is 0.280 e. The Labute approximate surface area is 229 Å². The summed E-state index contributed by atoms with van der Waals surface area (Å²) < 4.78 is 0. The third-order valence-electron chi connectivity index (χ3n) is 5.93. The Morgan fingerprint density at radius 2 is 1.23 bits per heavy atom. The average molecular weight is 559 g/mol. The van der Waals surface area contributed by atoms with Crippen LogP contribution in [0.5, 0.6) is 0 Å². The van der Waals surface area contributed by atoms with Gasteiger partial charge in [-0.2, -0.15) is 0 Å². The molecule has 224 valence electrons. The van der Waals surface area contributed by atoms with Crippen molar-refractivity contribution < 1.29 is 39.6 Å². The van der Waals surface area contributed by atoms with E-state index in [1.807, 2.05) is 0 Å². The highest BCUT2D eigenvalue weighted by atomic mass is 16.4. The van der Waals surface area contributed by atoms with Crippen LogP contribution in [0.3, 0.4) is 0 Å². The fourth-order valence-corrected chi connectivity index (χ4v) is 3.43. The summed E-state index contributed by atoms with van der Waals surface area (Å²) >= 11 is 0. The summed E-state index contributed by atoms with van der Waals surface area (Å²) in [6.07, 6.45) is 5.83. The van der Waals surface area contributed by atoms with Crippen LogP contribution in [0.4, 0.5) is 0 Å². The van der Waals surface area contributed by atoms with E-state index >= 15 is 0 Å². The molecule has 0 bridgehead atoms. The predicted molar refractivity (Wildman–Crippen MR) is 141 cm³/mol. The van der Waals surface area contributed by atoms with Crippen LogP contribution in [0, 0.1) is 0 Å². The molecular formula is C24H46N8O7. The zero-order valence-electron chi connectivity index (χ0n) is 22.7. The third-order valence-corrected chi connectivity index (χ3v) is 5.93. The maximum Gasteiger partial charge on any atom is 0.280 e. The molecule has 39 heavy (non-hydrogen) atoms. The molecule has 0 fully saturated rings. The van der Waals surface area contributed by atoms with E-state index in [-0.39, 0.29) is 19.6 Å². The number of carboxylic acids is 1. The molecular weight excluding hydrogens is 512 g/mol. The molecule has 15 heteroatoms. The van der Waals surface area contributed by atoms with Gasteiger partial charge in [0.1, 0.15) is 24.9 Å². The molecule has 15 nitrogen and oxygen atoms in total. The van der Waals surface area contributed by atoms with Gasteiger partial charge in [0.05, 0.1) is 36.7 Å². The number of carboxylic acid groups (broad SMARTS) is 1. The Hall–Kier alpha value is -2.82. The number of quaternary nitrogens is 1. The van der Waals surface area contributed by atoms with Crippen LogP contribution in [-0.4, -0.2) is 106 Å². The van der Waals surface area contributed by atoms with E-state index in [0.717, 1.165) is 19.1 Å². The standard InChI is InChI=1S/C24H46N8O7/c1-16(13-33)28-11-20(31-22(36)19(27)10-29-17(14-34)6-2-4-8-25)23(37)32-21(24(38)39)12-30-18(15-35)7-3-5-9-26/h13-21,28-30H,2-12,25-27H2,1H3,(H,31,36)(H,32,37)(H,38,39)/t16-,17-,18-,19?,20?,21?/m0/s1. The van der Waals surface area contributed by atoms with Crippen LogP contribution in [-0.2, 0) is 28.8 Å². The van der Waals surface area contributed by atoms with Crippen molar-refractivity contribution in [1.29, 1.82) is 0 Å². The van der Waals surface area contributed by atoms with Gasteiger partial charge in [0, 0.05) is 13.1 Å². The Kier molecular flexibility index (Phi) is 20.4. The molecule has 2 amide bonds. The van der Waals surface area contributed by atoms with Crippen LogP contribution in [0.2, 0.25) is 0 Å². The lowest BCUT2D eigenvalue weighted by molar-refractivity contribution is -0.401. The molecule has 0 heterocycles. The first-order valence-corrected chi connectivity index (χ1v) is 13.2. The normalized spacial score (nSPS) is 15.7. The Morgan fingerprint density at radius 3 is 1.69 bits per heavy atom. The molecule has 6 atom stereocenters. The number of nitrogens with one attached hydrogen (secondary N) is 5. The molecule has 0 aliphatic rings. The summed E-state index contributed by atoms with van der Waals surface area (Å²) in [5, 5.41) is 25.0. The summed E-state index contributed by atoms with van der Waals surface area (Å²) in [5.74, 6) is -3.06. The number of nitrogens with two attached hydrogens (primary N) is 2. The fourth-order valence-electron chi connectivity index (χ4n) is 3.43. The summed E-state index contributed by atoms with van der Waals surface area (Å²) in [4.78, 5) is 70.9. The maximum atomic E-state index is 13.0. The van der Waals surface area contributed by atoms with Crippen LogP contribution < -0.4 is 48.9 Å². The molecule has 12 N–H and O–H groups in total. The fraction of sp³-hybridized carbons (Fsp3) is 0.750. The number of hydrogen-bond donors (Lipinski definition) is 8. The van der Waals surface area contributed by atoms with Gasteiger partial charge < -0.3 is 68.1 Å². The summed E-state index contributed by atoms with van der Waals surface area (Å²) in [6, 6.07) is -5.41. The molecule has 0 aliphatic carbocycles. The first-order chi connectivity index (χ1) is 18.6. The lowest BCUT2D eigenvalue weighted by atomic mass is 10.1. The topological polar surface area (TPSA) is 265 Å². The minimum absolute atomic E-state index is 0.0488. The highest BCUT2D eigenvalue weighted by Gasteiger charge is 2.28. The highest BCUT2D eigenvalue weighted by Crippen LogP contribution is 2.00. The number of rotatable bonds is 25. The Bertz CT molecular complexity index is 758. The monoisotopic (exact) mass is 558 g/mol. The van der Waals surface area contributed by atoms with E-state index in [1.165, 1.54) is 0 Å². The first-order valence-electron chi connectivity index (χ1n) is 13.2. The van der Waals surface area contributed by atoms with E-state index in [1.54, 1.807) is 6.92 Å². The SMILES string of the molecule is C[C@@H](C=O)NCC(NC(=O)C([NH3+])CN[C@H](C=O)CCCCN)C(=O)NC(CN[C@H](C=O)CCCCN)C(=O)[O-]. The number of unbranched alkanes of at least 4 members (excludes halogenated alkanes) is 2. The molecule has 0 rings (SSSR count). The van der Waals surface area contributed by atoms with Gasteiger partial charge in [-0.15, -0.1) is 0 Å². The van der Waals surface area contributed by atoms with Crippen molar-refractivity contribution in [2.45, 2.75) is 81.7 Å². The lowest BCUT2D eigenvalue weighted by Crippen LogP contribution is -2.73. The van der Waals surface area contributed by atoms with Crippen LogP contribution in [0.1, 0.15) is 45.4 Å². The molecule has 0 saturated heterocycles. The molecule has 3 unspecified atom stereocenters. The number of carbonyl (C=O) groups excluding carboxylic acids is 6. The largest absolute Gasteiger partial charge is 0.548 e. The number of carbonyl (C=O) groups is 6. The zero-order valence-corrected chi connectivity index (χ0v) is 22.7. The first kappa shape index (κ1) is 36.2. The van der Waals surface area contributed by atoms with E-state index in [4.69, 9.17) is 11.5 Å². The number of aliphatic carboxylic acids is 1. The lowest BCUT2D eigenvalue weighted by Gasteiger charge is -2.26. The Balaban J connectivity index is 5.22. The third kappa shape index (κ3) is 16.7. The second-order valence-electron chi connectivity index (χ2n) is 9.34. The molecule has 0 aliphatic heterocycles. The molecule has 0 aromatic heterocycles.